The first-order chi connectivity index (χ1) is 16.4. The number of aromatic nitrogens is 4. The standard InChI is InChI=1S/C24H24N6O4/c1-28-14-15(17-5-2-3-7-20(17)31)13-18(22(28)32)26-23(33)29-11-8-16(9-12-29)30-19-6-4-10-25-21(19)27-24(30)34/h2-7,10,13-14,16,31H,8-9,11-12H2,1H3,(H,26,33)(H,25,27,34). The molecule has 10 heteroatoms. The van der Waals surface area contributed by atoms with Crippen LogP contribution in [0.2, 0.25) is 0 Å². The maximum absolute atomic E-state index is 13.0. The van der Waals surface area contributed by atoms with Crippen molar-refractivity contribution in [1.29, 1.82) is 0 Å². The van der Waals surface area contributed by atoms with Crippen molar-refractivity contribution in [2.45, 2.75) is 18.9 Å². The van der Waals surface area contributed by atoms with E-state index in [4.69, 9.17) is 0 Å². The van der Waals surface area contributed by atoms with Crippen LogP contribution in [0.5, 0.6) is 5.75 Å². The molecule has 1 aliphatic rings. The summed E-state index contributed by atoms with van der Waals surface area (Å²) in [5.74, 6) is 0.0863. The molecule has 4 heterocycles. The molecule has 1 aromatic carbocycles. The molecule has 10 nitrogen and oxygen atoms in total. The number of fused-ring (bicyclic) bond motifs is 1. The van der Waals surface area contributed by atoms with Gasteiger partial charge in [-0.15, -0.1) is 0 Å². The Morgan fingerprint density at radius 1 is 1.15 bits per heavy atom. The molecule has 0 radical (unpaired) electrons. The Balaban J connectivity index is 1.32. The summed E-state index contributed by atoms with van der Waals surface area (Å²) in [4.78, 5) is 46.7. The molecule has 1 saturated heterocycles. The van der Waals surface area contributed by atoms with Crippen molar-refractivity contribution in [3.63, 3.8) is 0 Å². The lowest BCUT2D eigenvalue weighted by atomic mass is 10.0. The maximum atomic E-state index is 13.0. The highest BCUT2D eigenvalue weighted by atomic mass is 16.3. The summed E-state index contributed by atoms with van der Waals surface area (Å²) in [6.45, 7) is 0.880. The largest absolute Gasteiger partial charge is 0.507 e. The first-order valence-electron chi connectivity index (χ1n) is 11.0. The van der Waals surface area contributed by atoms with E-state index in [0.29, 0.717) is 42.7 Å². The average Bonchev–Trinajstić information content (AvgIpc) is 3.18. The Morgan fingerprint density at radius 3 is 2.68 bits per heavy atom. The zero-order valence-electron chi connectivity index (χ0n) is 18.6. The monoisotopic (exact) mass is 460 g/mol. The van der Waals surface area contributed by atoms with Gasteiger partial charge in [0.25, 0.3) is 5.56 Å². The van der Waals surface area contributed by atoms with Gasteiger partial charge < -0.3 is 19.9 Å². The highest BCUT2D eigenvalue weighted by molar-refractivity contribution is 5.90. The number of likely N-dealkylation sites (tertiary alicyclic amines) is 1. The van der Waals surface area contributed by atoms with E-state index in [0.717, 1.165) is 5.52 Å². The minimum atomic E-state index is -0.377. The lowest BCUT2D eigenvalue weighted by Gasteiger charge is -2.32. The number of amides is 2. The molecule has 5 rings (SSSR count). The summed E-state index contributed by atoms with van der Waals surface area (Å²) < 4.78 is 3.09. The van der Waals surface area contributed by atoms with Gasteiger partial charge >= 0.3 is 11.7 Å². The van der Waals surface area contributed by atoms with E-state index in [1.165, 1.54) is 4.57 Å². The fraction of sp³-hybridized carbons (Fsp3) is 0.250. The number of aromatic hydroxyl groups is 1. The van der Waals surface area contributed by atoms with Gasteiger partial charge in [0.1, 0.15) is 11.4 Å². The second-order valence-electron chi connectivity index (χ2n) is 8.40. The van der Waals surface area contributed by atoms with Crippen molar-refractivity contribution in [2.24, 2.45) is 7.05 Å². The molecule has 34 heavy (non-hydrogen) atoms. The SMILES string of the molecule is Cn1cc(-c2ccccc2O)cc(NC(=O)N2CCC(n3c(=O)[nH]c4ncccc43)CC2)c1=O. The summed E-state index contributed by atoms with van der Waals surface area (Å²) in [5.41, 5.74) is 2.05. The molecule has 174 valence electrons. The predicted molar refractivity (Wildman–Crippen MR) is 128 cm³/mol. The van der Waals surface area contributed by atoms with Crippen LogP contribution in [0.25, 0.3) is 22.3 Å². The quantitative estimate of drug-likeness (QED) is 0.433. The van der Waals surface area contributed by atoms with Gasteiger partial charge in [-0.3, -0.25) is 14.3 Å². The van der Waals surface area contributed by atoms with Crippen LogP contribution in [0.15, 0.2) is 64.4 Å². The van der Waals surface area contributed by atoms with Crippen LogP contribution in [0.1, 0.15) is 18.9 Å². The van der Waals surface area contributed by atoms with E-state index in [2.05, 4.69) is 15.3 Å². The van der Waals surface area contributed by atoms with E-state index < -0.39 is 0 Å². The molecule has 1 aliphatic heterocycles. The number of benzene rings is 1. The van der Waals surface area contributed by atoms with Gasteiger partial charge in [-0.1, -0.05) is 18.2 Å². The summed E-state index contributed by atoms with van der Waals surface area (Å²) in [6.07, 6.45) is 4.45. The van der Waals surface area contributed by atoms with Gasteiger partial charge in [-0.25, -0.2) is 14.6 Å². The minimum Gasteiger partial charge on any atom is -0.507 e. The average molecular weight is 460 g/mol. The lowest BCUT2D eigenvalue weighted by molar-refractivity contribution is 0.184. The number of phenols is 1. The third-order valence-corrected chi connectivity index (χ3v) is 6.25. The number of urea groups is 1. The Bertz CT molecular complexity index is 1490. The van der Waals surface area contributed by atoms with Gasteiger partial charge in [0.15, 0.2) is 5.65 Å². The number of pyridine rings is 2. The van der Waals surface area contributed by atoms with Crippen LogP contribution in [0, 0.1) is 0 Å². The van der Waals surface area contributed by atoms with E-state index in [1.54, 1.807) is 65.3 Å². The number of piperidine rings is 1. The number of carbonyl (C=O) groups excluding carboxylic acids is 1. The Labute approximate surface area is 194 Å². The second-order valence-corrected chi connectivity index (χ2v) is 8.40. The van der Waals surface area contributed by atoms with Crippen molar-refractivity contribution in [3.8, 4) is 16.9 Å². The number of nitrogens with one attached hydrogen (secondary N) is 2. The molecule has 0 bridgehead atoms. The van der Waals surface area contributed by atoms with Gasteiger partial charge in [0.2, 0.25) is 0 Å². The van der Waals surface area contributed by atoms with Crippen LogP contribution < -0.4 is 16.6 Å². The van der Waals surface area contributed by atoms with Crippen LogP contribution in [0.3, 0.4) is 0 Å². The molecule has 3 N–H and O–H groups in total. The van der Waals surface area contributed by atoms with E-state index in [9.17, 15) is 19.5 Å². The number of aryl methyl sites for hydroxylation is 1. The van der Waals surface area contributed by atoms with E-state index in [1.807, 2.05) is 6.07 Å². The first-order valence-corrected chi connectivity index (χ1v) is 11.0. The Kier molecular flexibility index (Phi) is 5.40. The molecule has 0 spiro atoms. The fourth-order valence-electron chi connectivity index (χ4n) is 4.51. The molecule has 2 amide bonds. The molecule has 0 unspecified atom stereocenters. The lowest BCUT2D eigenvalue weighted by Crippen LogP contribution is -2.43. The van der Waals surface area contributed by atoms with Crippen LogP contribution in [-0.2, 0) is 7.05 Å². The minimum absolute atomic E-state index is 0.0493. The summed E-state index contributed by atoms with van der Waals surface area (Å²) in [7, 11) is 1.60. The number of anilines is 1. The maximum Gasteiger partial charge on any atom is 0.327 e. The van der Waals surface area contributed by atoms with Gasteiger partial charge in [0, 0.05) is 49.7 Å². The number of rotatable bonds is 3. The van der Waals surface area contributed by atoms with Crippen LogP contribution in [0.4, 0.5) is 10.5 Å². The number of H-pyrrole nitrogens is 1. The molecule has 0 saturated carbocycles. The molecular weight excluding hydrogens is 436 g/mol. The topological polar surface area (TPSA) is 125 Å². The van der Waals surface area contributed by atoms with Crippen molar-refractivity contribution in [1.82, 2.24) is 24.0 Å². The van der Waals surface area contributed by atoms with Gasteiger partial charge in [-0.05, 0) is 37.1 Å². The normalized spacial score (nSPS) is 14.4. The Hall–Kier alpha value is -4.34. The first kappa shape index (κ1) is 21.5. The van der Waals surface area contributed by atoms with Crippen molar-refractivity contribution < 1.29 is 9.90 Å². The number of hydrogen-bond acceptors (Lipinski definition) is 5. The number of para-hydroxylation sites is 1. The summed E-state index contributed by atoms with van der Waals surface area (Å²) in [5, 5.41) is 12.9. The number of nitrogens with zero attached hydrogens (tertiary/aromatic N) is 4. The van der Waals surface area contributed by atoms with Crippen molar-refractivity contribution in [3.05, 3.63) is 75.7 Å². The smallest absolute Gasteiger partial charge is 0.327 e. The number of hydrogen-bond donors (Lipinski definition) is 3. The number of carbonyl (C=O) groups is 1. The molecule has 4 aromatic rings. The summed E-state index contributed by atoms with van der Waals surface area (Å²) >= 11 is 0. The van der Waals surface area contributed by atoms with Crippen molar-refractivity contribution in [2.75, 3.05) is 18.4 Å². The Morgan fingerprint density at radius 2 is 1.91 bits per heavy atom. The van der Waals surface area contributed by atoms with Gasteiger partial charge in [-0.2, -0.15) is 0 Å². The molecule has 0 aliphatic carbocycles. The zero-order valence-corrected chi connectivity index (χ0v) is 18.6. The van der Waals surface area contributed by atoms with Crippen LogP contribution in [-0.4, -0.2) is 48.2 Å². The highest BCUT2D eigenvalue weighted by Crippen LogP contribution is 2.29. The highest BCUT2D eigenvalue weighted by Gasteiger charge is 2.27. The fourth-order valence-corrected chi connectivity index (χ4v) is 4.51. The second kappa shape index (κ2) is 8.54. The molecule has 0 atom stereocenters. The number of phenolic OH excluding ortho intramolecular Hbond substituents is 1. The third kappa shape index (κ3) is 3.83. The molecule has 3 aromatic heterocycles. The van der Waals surface area contributed by atoms with Crippen molar-refractivity contribution >= 4 is 22.9 Å². The zero-order chi connectivity index (χ0) is 23.8. The molecule has 1 fully saturated rings. The van der Waals surface area contributed by atoms with Crippen LogP contribution >= 0.6 is 0 Å². The van der Waals surface area contributed by atoms with E-state index >= 15 is 0 Å². The summed E-state index contributed by atoms with van der Waals surface area (Å²) in [6, 6.07) is 11.6. The predicted octanol–water partition coefficient (Wildman–Crippen LogP) is 2.66. The third-order valence-electron chi connectivity index (χ3n) is 6.25. The molecular formula is C24H24N6O4. The number of aromatic amines is 1. The van der Waals surface area contributed by atoms with E-state index in [-0.39, 0.29) is 34.8 Å². The number of imidazole rings is 1. The van der Waals surface area contributed by atoms with Gasteiger partial charge in [0.05, 0.1) is 5.52 Å².